The lowest BCUT2D eigenvalue weighted by atomic mass is 10.1. The number of carbonyl (C=O) groups is 1. The molecule has 26 heavy (non-hydrogen) atoms. The van der Waals surface area contributed by atoms with Gasteiger partial charge in [0.15, 0.2) is 0 Å². The van der Waals surface area contributed by atoms with Gasteiger partial charge >= 0.3 is 0 Å². The summed E-state index contributed by atoms with van der Waals surface area (Å²) in [6.07, 6.45) is 0. The Morgan fingerprint density at radius 3 is 2.46 bits per heavy atom. The number of hydrogen-bond donors (Lipinski definition) is 1. The van der Waals surface area contributed by atoms with Crippen LogP contribution in [0.2, 0.25) is 5.02 Å². The third kappa shape index (κ3) is 3.30. The van der Waals surface area contributed by atoms with Crippen LogP contribution in [0.4, 0.5) is 0 Å². The number of H-pyrrole nitrogens is 1. The van der Waals surface area contributed by atoms with Crippen molar-refractivity contribution in [3.63, 3.8) is 0 Å². The van der Waals surface area contributed by atoms with Gasteiger partial charge in [-0.1, -0.05) is 23.7 Å². The first-order valence-electron chi connectivity index (χ1n) is 8.71. The summed E-state index contributed by atoms with van der Waals surface area (Å²) in [5, 5.41) is 11.4. The molecule has 7 heteroatoms. The fourth-order valence-corrected chi connectivity index (χ4v) is 3.55. The number of hydrogen-bond acceptors (Lipinski definition) is 4. The van der Waals surface area contributed by atoms with Crippen molar-refractivity contribution in [2.24, 2.45) is 0 Å². The average Bonchev–Trinajstić information content (AvgIpc) is 3.15. The van der Waals surface area contributed by atoms with Crippen molar-refractivity contribution in [2.45, 2.75) is 13.0 Å². The molecule has 1 saturated heterocycles. The zero-order chi connectivity index (χ0) is 18.1. The fraction of sp³-hybridized carbons (Fsp3) is 0.316. The van der Waals surface area contributed by atoms with Gasteiger partial charge in [-0.3, -0.25) is 9.69 Å². The summed E-state index contributed by atoms with van der Waals surface area (Å²) < 4.78 is 0. The second-order valence-electron chi connectivity index (χ2n) is 6.58. The van der Waals surface area contributed by atoms with Crippen LogP contribution in [0.3, 0.4) is 0 Å². The van der Waals surface area contributed by atoms with Gasteiger partial charge in [-0.2, -0.15) is 15.4 Å². The normalized spacial score (nSPS) is 16.8. The van der Waals surface area contributed by atoms with Gasteiger partial charge in [0.05, 0.1) is 0 Å². The molecule has 1 aliphatic heterocycles. The molecule has 1 N–H and O–H groups in total. The van der Waals surface area contributed by atoms with Gasteiger partial charge in [0.2, 0.25) is 0 Å². The molecular weight excluding hydrogens is 350 g/mol. The van der Waals surface area contributed by atoms with Gasteiger partial charge in [0.25, 0.3) is 5.91 Å². The smallest absolute Gasteiger partial charge is 0.254 e. The highest BCUT2D eigenvalue weighted by Crippen LogP contribution is 2.23. The van der Waals surface area contributed by atoms with Crippen molar-refractivity contribution in [3.05, 3.63) is 58.6 Å². The van der Waals surface area contributed by atoms with Crippen molar-refractivity contribution in [2.75, 3.05) is 26.2 Å². The zero-order valence-electron chi connectivity index (χ0n) is 14.5. The van der Waals surface area contributed by atoms with Crippen molar-refractivity contribution in [3.8, 4) is 0 Å². The molecule has 1 aromatic heterocycles. The average molecular weight is 370 g/mol. The number of halogens is 1. The number of aromatic nitrogens is 3. The molecular formula is C19H20ClN5O. The number of benzene rings is 2. The Hall–Kier alpha value is -2.44. The molecule has 6 nitrogen and oxygen atoms in total. The summed E-state index contributed by atoms with van der Waals surface area (Å²) in [5.74, 6) is 0.0497. The summed E-state index contributed by atoms with van der Waals surface area (Å²) in [5.41, 5.74) is 3.38. The molecule has 1 fully saturated rings. The minimum absolute atomic E-state index is 0.0497. The van der Waals surface area contributed by atoms with E-state index in [4.69, 9.17) is 11.6 Å². The van der Waals surface area contributed by atoms with Crippen LogP contribution in [0.1, 0.15) is 28.9 Å². The predicted octanol–water partition coefficient (Wildman–Crippen LogP) is 3.13. The molecule has 4 rings (SSSR count). The summed E-state index contributed by atoms with van der Waals surface area (Å²) in [6.45, 7) is 5.32. The molecule has 2 heterocycles. The summed E-state index contributed by atoms with van der Waals surface area (Å²) in [4.78, 5) is 17.1. The molecule has 0 spiro atoms. The van der Waals surface area contributed by atoms with Crippen LogP contribution in [0, 0.1) is 0 Å². The van der Waals surface area contributed by atoms with Crippen LogP contribution in [0.5, 0.6) is 0 Å². The SMILES string of the molecule is CC(c1ccc(Cl)cc1)N1CCN(C(=O)c2ccc3n[nH]nc3c2)CC1. The van der Waals surface area contributed by atoms with Crippen molar-refractivity contribution >= 4 is 28.5 Å². The van der Waals surface area contributed by atoms with Crippen LogP contribution < -0.4 is 0 Å². The molecule has 0 saturated carbocycles. The molecule has 0 aliphatic carbocycles. The van der Waals surface area contributed by atoms with Crippen LogP contribution >= 0.6 is 11.6 Å². The van der Waals surface area contributed by atoms with Crippen LogP contribution in [0.25, 0.3) is 11.0 Å². The molecule has 1 atom stereocenters. The summed E-state index contributed by atoms with van der Waals surface area (Å²) in [7, 11) is 0. The highest BCUT2D eigenvalue weighted by Gasteiger charge is 2.25. The fourth-order valence-electron chi connectivity index (χ4n) is 3.42. The third-order valence-corrected chi connectivity index (χ3v) is 5.32. The van der Waals surface area contributed by atoms with E-state index >= 15 is 0 Å². The number of nitrogens with zero attached hydrogens (tertiary/aromatic N) is 4. The molecule has 134 valence electrons. The van der Waals surface area contributed by atoms with Crippen LogP contribution in [0.15, 0.2) is 42.5 Å². The standard InChI is InChI=1S/C19H20ClN5O/c1-13(14-2-5-16(20)6-3-14)24-8-10-25(11-9-24)19(26)15-4-7-17-18(12-15)22-23-21-17/h2-7,12-13H,8-11H2,1H3,(H,21,22,23). The first-order chi connectivity index (χ1) is 12.6. The molecule has 0 bridgehead atoms. The lowest BCUT2D eigenvalue weighted by Gasteiger charge is -2.38. The topological polar surface area (TPSA) is 65.1 Å². The third-order valence-electron chi connectivity index (χ3n) is 5.06. The van der Waals surface area contributed by atoms with E-state index < -0.39 is 0 Å². The van der Waals surface area contributed by atoms with E-state index in [1.165, 1.54) is 5.56 Å². The highest BCUT2D eigenvalue weighted by molar-refractivity contribution is 6.30. The Balaban J connectivity index is 1.41. The van der Waals surface area contributed by atoms with Crippen LogP contribution in [-0.4, -0.2) is 57.3 Å². The Bertz CT molecular complexity index is 915. The van der Waals surface area contributed by atoms with Gasteiger partial charge in [-0.15, -0.1) is 0 Å². The van der Waals surface area contributed by atoms with Gasteiger partial charge in [0, 0.05) is 42.8 Å². The highest BCUT2D eigenvalue weighted by atomic mass is 35.5. The molecule has 0 radical (unpaired) electrons. The summed E-state index contributed by atoms with van der Waals surface area (Å²) >= 11 is 5.98. The Kier molecular flexibility index (Phi) is 4.61. The van der Waals surface area contributed by atoms with Crippen molar-refractivity contribution in [1.82, 2.24) is 25.2 Å². The first-order valence-corrected chi connectivity index (χ1v) is 9.09. The molecule has 1 unspecified atom stereocenters. The van der Waals surface area contributed by atoms with Crippen molar-refractivity contribution < 1.29 is 4.79 Å². The minimum Gasteiger partial charge on any atom is -0.336 e. The second-order valence-corrected chi connectivity index (χ2v) is 7.02. The maximum atomic E-state index is 12.8. The number of carbonyl (C=O) groups excluding carboxylic acids is 1. The summed E-state index contributed by atoms with van der Waals surface area (Å²) in [6, 6.07) is 13.7. The van der Waals surface area contributed by atoms with Gasteiger partial charge in [-0.25, -0.2) is 0 Å². The van der Waals surface area contributed by atoms with Gasteiger partial charge < -0.3 is 4.90 Å². The van der Waals surface area contributed by atoms with E-state index in [0.29, 0.717) is 30.2 Å². The van der Waals surface area contributed by atoms with E-state index in [1.54, 1.807) is 6.07 Å². The van der Waals surface area contributed by atoms with Gasteiger partial charge in [0.1, 0.15) is 11.0 Å². The molecule has 1 amide bonds. The monoisotopic (exact) mass is 369 g/mol. The van der Waals surface area contributed by atoms with Crippen LogP contribution in [-0.2, 0) is 0 Å². The lowest BCUT2D eigenvalue weighted by molar-refractivity contribution is 0.0582. The van der Waals surface area contributed by atoms with E-state index in [1.807, 2.05) is 29.2 Å². The van der Waals surface area contributed by atoms with E-state index in [2.05, 4.69) is 39.4 Å². The number of nitrogens with one attached hydrogen (secondary N) is 1. The van der Waals surface area contributed by atoms with Gasteiger partial charge in [-0.05, 0) is 42.8 Å². The lowest BCUT2D eigenvalue weighted by Crippen LogP contribution is -2.49. The maximum absolute atomic E-state index is 12.8. The zero-order valence-corrected chi connectivity index (χ0v) is 15.3. The predicted molar refractivity (Wildman–Crippen MR) is 101 cm³/mol. The Morgan fingerprint density at radius 1 is 1.04 bits per heavy atom. The molecule has 3 aromatic rings. The van der Waals surface area contributed by atoms with E-state index in [0.717, 1.165) is 23.6 Å². The Labute approximate surface area is 156 Å². The Morgan fingerprint density at radius 2 is 1.73 bits per heavy atom. The maximum Gasteiger partial charge on any atom is 0.254 e. The minimum atomic E-state index is 0.0497. The number of piperazine rings is 1. The van der Waals surface area contributed by atoms with Crippen molar-refractivity contribution in [1.29, 1.82) is 0 Å². The second kappa shape index (κ2) is 7.05. The molecule has 2 aromatic carbocycles. The number of rotatable bonds is 3. The van der Waals surface area contributed by atoms with E-state index in [9.17, 15) is 4.79 Å². The molecule has 1 aliphatic rings. The number of fused-ring (bicyclic) bond motifs is 1. The quantitative estimate of drug-likeness (QED) is 0.770. The first kappa shape index (κ1) is 17.0. The number of aromatic amines is 1. The van der Waals surface area contributed by atoms with E-state index in [-0.39, 0.29) is 5.91 Å². The number of amides is 1. The largest absolute Gasteiger partial charge is 0.336 e.